The van der Waals surface area contributed by atoms with E-state index in [0.29, 0.717) is 28.2 Å². The molecule has 136 valence electrons. The highest BCUT2D eigenvalue weighted by Gasteiger charge is 2.26. The molecule has 0 amide bonds. The normalized spacial score (nSPS) is 13.4. The van der Waals surface area contributed by atoms with Gasteiger partial charge in [-0.25, -0.2) is 4.57 Å². The standard InChI is InChI=1S/C17H19Cl2O3PS2/c1-3-11-24-23(20,21-4-2)22-14-7-10-17(16(19)12-14)25-15-8-5-13(18)6-9-15/h5-10,12H,3-4,11H2,1-2H3. The summed E-state index contributed by atoms with van der Waals surface area (Å²) in [7, 11) is 0. The van der Waals surface area contributed by atoms with Crippen molar-refractivity contribution in [1.29, 1.82) is 0 Å². The molecule has 3 nitrogen and oxygen atoms in total. The fourth-order valence-electron chi connectivity index (χ4n) is 1.83. The second kappa shape index (κ2) is 10.1. The lowest BCUT2D eigenvalue weighted by Gasteiger charge is -2.18. The van der Waals surface area contributed by atoms with Crippen molar-refractivity contribution in [2.75, 3.05) is 12.4 Å². The molecule has 8 heteroatoms. The zero-order chi connectivity index (χ0) is 18.3. The maximum absolute atomic E-state index is 12.7. The molecule has 2 aromatic rings. The van der Waals surface area contributed by atoms with Gasteiger partial charge in [-0.2, -0.15) is 0 Å². The molecule has 0 aliphatic rings. The molecule has 0 heterocycles. The summed E-state index contributed by atoms with van der Waals surface area (Å²) < 4.78 is 23.7. The van der Waals surface area contributed by atoms with Crippen molar-refractivity contribution in [2.24, 2.45) is 0 Å². The zero-order valence-corrected chi connectivity index (χ0v) is 17.9. The van der Waals surface area contributed by atoms with Crippen LogP contribution in [0.3, 0.4) is 0 Å². The van der Waals surface area contributed by atoms with Crippen LogP contribution in [0.1, 0.15) is 20.3 Å². The summed E-state index contributed by atoms with van der Waals surface area (Å²) >= 11 is 15.0. The molecule has 0 saturated heterocycles. The first-order chi connectivity index (χ1) is 12.0. The van der Waals surface area contributed by atoms with Crippen molar-refractivity contribution < 1.29 is 13.6 Å². The molecule has 2 rings (SSSR count). The number of halogens is 2. The average Bonchev–Trinajstić information content (AvgIpc) is 2.58. The monoisotopic (exact) mass is 436 g/mol. The molecule has 0 aliphatic carbocycles. The minimum absolute atomic E-state index is 0.326. The number of hydrogen-bond acceptors (Lipinski definition) is 5. The summed E-state index contributed by atoms with van der Waals surface area (Å²) in [5.74, 6) is 1.14. The number of rotatable bonds is 9. The number of benzene rings is 2. The van der Waals surface area contributed by atoms with Crippen LogP contribution in [0.5, 0.6) is 5.75 Å². The Bertz CT molecular complexity index is 741. The van der Waals surface area contributed by atoms with Gasteiger partial charge in [-0.15, -0.1) is 0 Å². The van der Waals surface area contributed by atoms with E-state index in [0.717, 1.165) is 16.2 Å². The van der Waals surface area contributed by atoms with Crippen LogP contribution in [0.2, 0.25) is 10.0 Å². The molecule has 0 saturated carbocycles. The van der Waals surface area contributed by atoms with E-state index >= 15 is 0 Å². The lowest BCUT2D eigenvalue weighted by molar-refractivity contribution is 0.296. The molecule has 0 N–H and O–H groups in total. The summed E-state index contributed by atoms with van der Waals surface area (Å²) in [4.78, 5) is 1.90. The lowest BCUT2D eigenvalue weighted by Crippen LogP contribution is -1.96. The highest BCUT2D eigenvalue weighted by Crippen LogP contribution is 2.60. The Morgan fingerprint density at radius 3 is 2.40 bits per heavy atom. The summed E-state index contributed by atoms with van der Waals surface area (Å²) in [6.07, 6.45) is 0.891. The van der Waals surface area contributed by atoms with Gasteiger partial charge in [0.15, 0.2) is 0 Å². The van der Waals surface area contributed by atoms with Gasteiger partial charge in [0.2, 0.25) is 0 Å². The van der Waals surface area contributed by atoms with Crippen LogP contribution in [0.25, 0.3) is 0 Å². The Morgan fingerprint density at radius 1 is 1.08 bits per heavy atom. The fraction of sp³-hybridized carbons (Fsp3) is 0.294. The van der Waals surface area contributed by atoms with E-state index in [1.807, 2.05) is 37.3 Å². The van der Waals surface area contributed by atoms with Gasteiger partial charge >= 0.3 is 6.80 Å². The largest absolute Gasteiger partial charge is 0.440 e. The van der Waals surface area contributed by atoms with E-state index in [-0.39, 0.29) is 0 Å². The molecular weight excluding hydrogens is 418 g/mol. The van der Waals surface area contributed by atoms with Gasteiger partial charge in [0.05, 0.1) is 11.6 Å². The minimum atomic E-state index is -3.23. The molecule has 2 aromatic carbocycles. The first-order valence-electron chi connectivity index (χ1n) is 7.77. The molecule has 0 aromatic heterocycles. The van der Waals surface area contributed by atoms with Crippen LogP contribution in [-0.2, 0) is 9.09 Å². The quantitative estimate of drug-likeness (QED) is 0.374. The fourth-order valence-corrected chi connectivity index (χ4v) is 6.51. The second-order valence-corrected chi connectivity index (χ2v) is 11.0. The van der Waals surface area contributed by atoms with Gasteiger partial charge in [-0.3, -0.25) is 4.52 Å². The Morgan fingerprint density at radius 2 is 1.80 bits per heavy atom. The average molecular weight is 437 g/mol. The predicted octanol–water partition coefficient (Wildman–Crippen LogP) is 7.81. The van der Waals surface area contributed by atoms with Gasteiger partial charge in [0, 0.05) is 26.6 Å². The van der Waals surface area contributed by atoms with Gasteiger partial charge in [0.1, 0.15) is 5.75 Å². The number of hydrogen-bond donors (Lipinski definition) is 0. The minimum Gasteiger partial charge on any atom is -0.417 e. The Hall–Kier alpha value is -0.290. The van der Waals surface area contributed by atoms with E-state index in [9.17, 15) is 4.57 Å². The first-order valence-corrected chi connectivity index (χ1v) is 12.5. The van der Waals surface area contributed by atoms with Crippen molar-refractivity contribution in [3.05, 3.63) is 52.5 Å². The third-order valence-corrected chi connectivity index (χ3v) is 8.62. The molecular formula is C17H19Cl2O3PS2. The Balaban J connectivity index is 2.12. The van der Waals surface area contributed by atoms with Crippen molar-refractivity contribution in [3.8, 4) is 5.75 Å². The van der Waals surface area contributed by atoms with Gasteiger partial charge in [0.25, 0.3) is 0 Å². The van der Waals surface area contributed by atoms with E-state index in [2.05, 4.69) is 0 Å². The second-order valence-electron chi connectivity index (χ2n) is 4.94. The van der Waals surface area contributed by atoms with Crippen LogP contribution in [-0.4, -0.2) is 12.4 Å². The van der Waals surface area contributed by atoms with Gasteiger partial charge in [-0.1, -0.05) is 41.9 Å². The molecule has 1 unspecified atom stereocenters. The topological polar surface area (TPSA) is 35.5 Å². The highest BCUT2D eigenvalue weighted by atomic mass is 35.5. The third kappa shape index (κ3) is 6.74. The zero-order valence-electron chi connectivity index (χ0n) is 13.9. The summed E-state index contributed by atoms with van der Waals surface area (Å²) in [5.41, 5.74) is 0. The summed E-state index contributed by atoms with van der Waals surface area (Å²) in [6, 6.07) is 12.8. The molecule has 1 atom stereocenters. The third-order valence-electron chi connectivity index (χ3n) is 2.90. The van der Waals surface area contributed by atoms with Crippen LogP contribution in [0, 0.1) is 0 Å². The highest BCUT2D eigenvalue weighted by molar-refractivity contribution is 8.55. The maximum Gasteiger partial charge on any atom is 0.440 e. The van der Waals surface area contributed by atoms with E-state index in [1.165, 1.54) is 23.1 Å². The molecule has 0 spiro atoms. The van der Waals surface area contributed by atoms with Gasteiger partial charge < -0.3 is 4.52 Å². The Labute approximate surface area is 167 Å². The SMILES string of the molecule is CCCSP(=O)(OCC)Oc1ccc(Sc2ccc(Cl)cc2)c(Cl)c1. The van der Waals surface area contributed by atoms with E-state index < -0.39 is 6.80 Å². The first kappa shape index (κ1) is 21.0. The van der Waals surface area contributed by atoms with Crippen LogP contribution < -0.4 is 4.52 Å². The molecule has 0 fully saturated rings. The van der Waals surface area contributed by atoms with Crippen molar-refractivity contribution in [2.45, 2.75) is 30.1 Å². The van der Waals surface area contributed by atoms with E-state index in [1.54, 1.807) is 19.1 Å². The summed E-state index contributed by atoms with van der Waals surface area (Å²) in [5, 5.41) is 1.22. The van der Waals surface area contributed by atoms with E-state index in [4.69, 9.17) is 32.2 Å². The van der Waals surface area contributed by atoms with Gasteiger partial charge in [-0.05, 0) is 61.1 Å². The van der Waals surface area contributed by atoms with Crippen LogP contribution in [0.4, 0.5) is 0 Å². The molecule has 25 heavy (non-hydrogen) atoms. The summed E-state index contributed by atoms with van der Waals surface area (Å²) in [6.45, 7) is 0.907. The van der Waals surface area contributed by atoms with Crippen molar-refractivity contribution in [1.82, 2.24) is 0 Å². The van der Waals surface area contributed by atoms with Crippen molar-refractivity contribution in [3.63, 3.8) is 0 Å². The smallest absolute Gasteiger partial charge is 0.417 e. The van der Waals surface area contributed by atoms with Crippen LogP contribution in [0.15, 0.2) is 52.3 Å². The Kier molecular flexibility index (Phi) is 8.53. The maximum atomic E-state index is 12.7. The molecule has 0 aliphatic heterocycles. The molecule has 0 bridgehead atoms. The lowest BCUT2D eigenvalue weighted by atomic mass is 10.3. The predicted molar refractivity (Wildman–Crippen MR) is 110 cm³/mol. The van der Waals surface area contributed by atoms with Crippen molar-refractivity contribution >= 4 is 53.1 Å². The van der Waals surface area contributed by atoms with Crippen LogP contribution >= 0.6 is 53.1 Å². The molecule has 0 radical (unpaired) electrons.